The van der Waals surface area contributed by atoms with Gasteiger partial charge in [0.25, 0.3) is 0 Å². The van der Waals surface area contributed by atoms with E-state index >= 15 is 0 Å². The van der Waals surface area contributed by atoms with Crippen LogP contribution in [0.15, 0.2) is 36.4 Å². The minimum absolute atomic E-state index is 0.0608. The first-order valence-corrected chi connectivity index (χ1v) is 10.2. The monoisotopic (exact) mass is 465 g/mol. The number of amides is 2. The van der Waals surface area contributed by atoms with E-state index in [-0.39, 0.29) is 30.6 Å². The Labute approximate surface area is 187 Å². The van der Waals surface area contributed by atoms with Crippen molar-refractivity contribution in [2.45, 2.75) is 38.7 Å². The van der Waals surface area contributed by atoms with Crippen molar-refractivity contribution < 1.29 is 33.3 Å². The van der Waals surface area contributed by atoms with E-state index in [2.05, 4.69) is 30.6 Å². The average molecular weight is 465 g/mol. The SMILES string of the molecule is CCC(O)C(NC(=O)Nc1cc2[nH]nc(OCCOC(F)F)c2c(CO)n1)c1ccccc1. The lowest BCUT2D eigenvalue weighted by Gasteiger charge is -2.24. The van der Waals surface area contributed by atoms with Gasteiger partial charge in [0.15, 0.2) is 0 Å². The fourth-order valence-electron chi connectivity index (χ4n) is 3.24. The first-order chi connectivity index (χ1) is 15.9. The number of H-pyrrole nitrogens is 1. The molecule has 12 heteroatoms. The Morgan fingerprint density at radius 1 is 1.24 bits per heavy atom. The molecule has 0 bridgehead atoms. The van der Waals surface area contributed by atoms with Crippen molar-refractivity contribution in [3.8, 4) is 5.88 Å². The van der Waals surface area contributed by atoms with Crippen molar-refractivity contribution in [1.29, 1.82) is 0 Å². The molecule has 2 heterocycles. The van der Waals surface area contributed by atoms with Crippen LogP contribution in [0.3, 0.4) is 0 Å². The van der Waals surface area contributed by atoms with Crippen molar-refractivity contribution >= 4 is 22.8 Å². The van der Waals surface area contributed by atoms with Crippen LogP contribution in [0.4, 0.5) is 19.4 Å². The molecular weight excluding hydrogens is 440 g/mol. The summed E-state index contributed by atoms with van der Waals surface area (Å²) in [5.41, 5.74) is 1.31. The molecule has 0 aliphatic heterocycles. The minimum Gasteiger partial charge on any atom is -0.474 e. The molecule has 3 aromatic rings. The molecule has 2 aromatic heterocycles. The Hall–Kier alpha value is -3.35. The molecule has 2 atom stereocenters. The van der Waals surface area contributed by atoms with Crippen molar-refractivity contribution in [2.24, 2.45) is 0 Å². The minimum atomic E-state index is -2.90. The lowest BCUT2D eigenvalue weighted by Crippen LogP contribution is -2.38. The average Bonchev–Trinajstić information content (AvgIpc) is 3.22. The molecule has 2 unspecified atom stereocenters. The summed E-state index contributed by atoms with van der Waals surface area (Å²) >= 11 is 0. The largest absolute Gasteiger partial charge is 0.474 e. The molecule has 0 fully saturated rings. The molecular formula is C21H25F2N5O5. The van der Waals surface area contributed by atoms with Crippen molar-refractivity contribution in [3.05, 3.63) is 47.7 Å². The van der Waals surface area contributed by atoms with Crippen LogP contribution in [0.2, 0.25) is 0 Å². The quantitative estimate of drug-likeness (QED) is 0.274. The molecule has 3 rings (SSSR count). The highest BCUT2D eigenvalue weighted by Crippen LogP contribution is 2.28. The van der Waals surface area contributed by atoms with Gasteiger partial charge < -0.3 is 25.0 Å². The van der Waals surface area contributed by atoms with Crippen LogP contribution in [-0.4, -0.2) is 57.4 Å². The summed E-state index contributed by atoms with van der Waals surface area (Å²) in [6.45, 7) is -2.12. The Balaban J connectivity index is 1.73. The Morgan fingerprint density at radius 3 is 2.67 bits per heavy atom. The number of halogens is 2. The van der Waals surface area contributed by atoms with E-state index in [0.29, 0.717) is 17.3 Å². The number of aromatic amines is 1. The van der Waals surface area contributed by atoms with Gasteiger partial charge in [0.1, 0.15) is 12.4 Å². The standard InChI is InChI=1S/C21H25F2N5O5/c1-2-15(30)18(12-6-4-3-5-7-12)26-21(31)25-16-10-13-17(14(11-29)24-16)19(28-27-13)32-8-9-33-20(22)23/h3-7,10,15,18,20,29-30H,2,8-9,11H2,1H3,(H,27,28)(H2,24,25,26,31). The third-order valence-electron chi connectivity index (χ3n) is 4.79. The predicted octanol–water partition coefficient (Wildman–Crippen LogP) is 2.70. The van der Waals surface area contributed by atoms with Crippen LogP contribution < -0.4 is 15.4 Å². The van der Waals surface area contributed by atoms with E-state index in [1.807, 2.05) is 18.2 Å². The van der Waals surface area contributed by atoms with Gasteiger partial charge in [0.05, 0.1) is 42.0 Å². The Morgan fingerprint density at radius 2 is 2.00 bits per heavy atom. The molecule has 0 saturated carbocycles. The first-order valence-electron chi connectivity index (χ1n) is 10.2. The first kappa shape index (κ1) is 24.3. The zero-order chi connectivity index (χ0) is 23.8. The maximum atomic E-state index is 12.6. The predicted molar refractivity (Wildman–Crippen MR) is 115 cm³/mol. The highest BCUT2D eigenvalue weighted by atomic mass is 19.3. The molecule has 0 spiro atoms. The lowest BCUT2D eigenvalue weighted by atomic mass is 10.00. The maximum Gasteiger partial charge on any atom is 0.345 e. The number of anilines is 1. The number of urea groups is 1. The van der Waals surface area contributed by atoms with Crippen LogP contribution in [0, 0.1) is 0 Å². The number of pyridine rings is 1. The number of carbonyl (C=O) groups excluding carboxylic acids is 1. The summed E-state index contributed by atoms with van der Waals surface area (Å²) in [6, 6.07) is 9.30. The summed E-state index contributed by atoms with van der Waals surface area (Å²) in [4.78, 5) is 16.8. The zero-order valence-electron chi connectivity index (χ0n) is 17.8. The Kier molecular flexibility index (Phi) is 8.46. The number of rotatable bonds is 11. The van der Waals surface area contributed by atoms with Crippen LogP contribution in [0.25, 0.3) is 10.9 Å². The van der Waals surface area contributed by atoms with Crippen molar-refractivity contribution in [3.63, 3.8) is 0 Å². The summed E-state index contributed by atoms with van der Waals surface area (Å²) in [5.74, 6) is 0.184. The van der Waals surface area contributed by atoms with Crippen molar-refractivity contribution in [2.75, 3.05) is 18.5 Å². The summed E-state index contributed by atoms with van der Waals surface area (Å²) < 4.78 is 33.6. The molecule has 10 nitrogen and oxygen atoms in total. The van der Waals surface area contributed by atoms with E-state index in [0.717, 1.165) is 5.56 Å². The number of hydrogen-bond donors (Lipinski definition) is 5. The smallest absolute Gasteiger partial charge is 0.345 e. The number of carbonyl (C=O) groups is 1. The summed E-state index contributed by atoms with van der Waals surface area (Å²) in [5, 5.41) is 32.4. The van der Waals surface area contributed by atoms with E-state index in [4.69, 9.17) is 4.74 Å². The number of fused-ring (bicyclic) bond motifs is 1. The van der Waals surface area contributed by atoms with E-state index in [1.165, 1.54) is 6.07 Å². The van der Waals surface area contributed by atoms with Gasteiger partial charge >= 0.3 is 12.6 Å². The molecule has 0 radical (unpaired) electrons. The van der Waals surface area contributed by atoms with Crippen molar-refractivity contribution in [1.82, 2.24) is 20.5 Å². The summed E-state index contributed by atoms with van der Waals surface area (Å²) in [7, 11) is 0. The molecule has 5 N–H and O–H groups in total. The van der Waals surface area contributed by atoms with Gasteiger partial charge in [-0.3, -0.25) is 10.4 Å². The number of nitrogens with one attached hydrogen (secondary N) is 3. The van der Waals surface area contributed by atoms with Gasteiger partial charge in [0.2, 0.25) is 5.88 Å². The number of hydrogen-bond acceptors (Lipinski definition) is 7. The molecule has 0 saturated heterocycles. The number of aliphatic hydroxyl groups excluding tert-OH is 2. The van der Waals surface area contributed by atoms with E-state index in [9.17, 15) is 23.8 Å². The number of nitrogens with zero attached hydrogens (tertiary/aromatic N) is 2. The lowest BCUT2D eigenvalue weighted by molar-refractivity contribution is -0.133. The highest BCUT2D eigenvalue weighted by molar-refractivity contribution is 5.93. The fraction of sp³-hybridized carbons (Fsp3) is 0.381. The number of alkyl halides is 2. The van der Waals surface area contributed by atoms with Gasteiger partial charge in [-0.05, 0) is 12.0 Å². The number of aliphatic hydroxyl groups is 2. The third kappa shape index (κ3) is 6.34. The second-order valence-electron chi connectivity index (χ2n) is 7.01. The molecule has 0 aliphatic rings. The molecule has 0 aliphatic carbocycles. The van der Waals surface area contributed by atoms with Crippen LogP contribution in [0.5, 0.6) is 5.88 Å². The Bertz CT molecular complexity index is 1050. The van der Waals surface area contributed by atoms with Gasteiger partial charge in [0, 0.05) is 6.07 Å². The van der Waals surface area contributed by atoms with E-state index < -0.39 is 31.4 Å². The maximum absolute atomic E-state index is 12.6. The topological polar surface area (TPSA) is 142 Å². The van der Waals surface area contributed by atoms with Crippen LogP contribution >= 0.6 is 0 Å². The van der Waals surface area contributed by atoms with Gasteiger partial charge in [-0.15, -0.1) is 5.10 Å². The normalized spacial score (nSPS) is 13.2. The second-order valence-corrected chi connectivity index (χ2v) is 7.01. The summed E-state index contributed by atoms with van der Waals surface area (Å²) in [6.07, 6.45) is -0.374. The molecule has 178 valence electrons. The molecule has 33 heavy (non-hydrogen) atoms. The molecule has 1 aromatic carbocycles. The zero-order valence-corrected chi connectivity index (χ0v) is 17.8. The van der Waals surface area contributed by atoms with Gasteiger partial charge in [-0.25, -0.2) is 9.78 Å². The number of aromatic nitrogens is 3. The number of ether oxygens (including phenoxy) is 2. The second kappa shape index (κ2) is 11.5. The van der Waals surface area contributed by atoms with Gasteiger partial charge in [-0.1, -0.05) is 37.3 Å². The fourth-order valence-corrected chi connectivity index (χ4v) is 3.24. The van der Waals surface area contributed by atoms with Gasteiger partial charge in [-0.2, -0.15) is 8.78 Å². The van der Waals surface area contributed by atoms with E-state index in [1.54, 1.807) is 19.1 Å². The van der Waals surface area contributed by atoms with Crippen LogP contribution in [-0.2, 0) is 11.3 Å². The molecule has 2 amide bonds. The third-order valence-corrected chi connectivity index (χ3v) is 4.79. The highest BCUT2D eigenvalue weighted by Gasteiger charge is 2.22. The van der Waals surface area contributed by atoms with Crippen LogP contribution in [0.1, 0.15) is 30.6 Å². The number of benzene rings is 1.